The Hall–Kier alpha value is -3.37. The number of hydrogen-bond donors (Lipinski definition) is 2. The van der Waals surface area contributed by atoms with Crippen LogP contribution in [0.5, 0.6) is 11.5 Å². The Labute approximate surface area is 203 Å². The molecule has 0 bridgehead atoms. The number of amides is 1. The lowest BCUT2D eigenvalue weighted by Crippen LogP contribution is -2.24. The predicted octanol–water partition coefficient (Wildman–Crippen LogP) is 4.52. The number of aryl methyl sites for hydroxylation is 1. The highest BCUT2D eigenvalue weighted by atomic mass is 32.2. The summed E-state index contributed by atoms with van der Waals surface area (Å²) >= 11 is 2.55. The van der Waals surface area contributed by atoms with Crippen LogP contribution in [0.3, 0.4) is 0 Å². The van der Waals surface area contributed by atoms with Crippen LogP contribution in [0.4, 0.5) is 4.39 Å². The molecule has 0 radical (unpaired) electrons. The van der Waals surface area contributed by atoms with Crippen LogP contribution < -0.4 is 20.3 Å². The maximum absolute atomic E-state index is 13.3. The Kier molecular flexibility index (Phi) is 7.18. The zero-order valence-corrected chi connectivity index (χ0v) is 20.4. The summed E-state index contributed by atoms with van der Waals surface area (Å²) in [5.41, 5.74) is 2.08. The van der Waals surface area contributed by atoms with Crippen LogP contribution in [0, 0.1) is 12.7 Å². The highest BCUT2D eigenvalue weighted by Gasteiger charge is 2.17. The van der Waals surface area contributed by atoms with Crippen molar-refractivity contribution in [1.82, 2.24) is 15.3 Å². The van der Waals surface area contributed by atoms with E-state index < -0.39 is 0 Å². The molecule has 0 saturated heterocycles. The van der Waals surface area contributed by atoms with Gasteiger partial charge < -0.3 is 19.8 Å². The van der Waals surface area contributed by atoms with Gasteiger partial charge in [0, 0.05) is 17.0 Å². The number of nitrogens with one attached hydrogen (secondary N) is 2. The van der Waals surface area contributed by atoms with E-state index in [9.17, 15) is 14.0 Å². The first-order valence-corrected chi connectivity index (χ1v) is 12.1. The molecule has 2 heterocycles. The Morgan fingerprint density at radius 1 is 1.15 bits per heavy atom. The van der Waals surface area contributed by atoms with Crippen LogP contribution in [0.15, 0.2) is 52.4 Å². The number of hydrogen-bond acceptors (Lipinski definition) is 7. The summed E-state index contributed by atoms with van der Waals surface area (Å²) < 4.78 is 23.8. The van der Waals surface area contributed by atoms with Crippen molar-refractivity contribution in [2.45, 2.75) is 18.6 Å². The number of aromatic nitrogens is 2. The molecule has 0 aliphatic rings. The van der Waals surface area contributed by atoms with E-state index >= 15 is 0 Å². The highest BCUT2D eigenvalue weighted by molar-refractivity contribution is 7.99. The van der Waals surface area contributed by atoms with E-state index in [2.05, 4.69) is 15.3 Å². The summed E-state index contributed by atoms with van der Waals surface area (Å²) in [6.45, 7) is 2.23. The first kappa shape index (κ1) is 23.8. The smallest absolute Gasteiger partial charge is 0.260 e. The fraction of sp³-hybridized carbons (Fsp3) is 0.208. The molecule has 0 aliphatic heterocycles. The molecule has 0 aliphatic carbocycles. The number of nitrogens with zero attached hydrogens (tertiary/aromatic N) is 1. The number of thioether (sulfide) groups is 1. The number of ether oxygens (including phenoxy) is 2. The van der Waals surface area contributed by atoms with Gasteiger partial charge in [-0.2, -0.15) is 0 Å². The molecule has 34 heavy (non-hydrogen) atoms. The molecule has 0 atom stereocenters. The number of H-pyrrole nitrogens is 1. The molecular weight excluding hydrogens is 477 g/mol. The molecule has 4 rings (SSSR count). The van der Waals surface area contributed by atoms with Crippen LogP contribution in [-0.4, -0.2) is 35.8 Å². The second-order valence-corrected chi connectivity index (χ2v) is 9.51. The summed E-state index contributed by atoms with van der Waals surface area (Å²) in [5.74, 6) is 0.763. The number of thiophene rings is 1. The fourth-order valence-corrected chi connectivity index (χ4v) is 5.30. The van der Waals surface area contributed by atoms with Gasteiger partial charge in [0.05, 0.1) is 25.4 Å². The molecule has 0 saturated carbocycles. The second-order valence-electron chi connectivity index (χ2n) is 7.35. The Morgan fingerprint density at radius 2 is 1.88 bits per heavy atom. The zero-order valence-electron chi connectivity index (χ0n) is 18.7. The van der Waals surface area contributed by atoms with Crippen molar-refractivity contribution in [2.24, 2.45) is 0 Å². The van der Waals surface area contributed by atoms with Crippen molar-refractivity contribution >= 4 is 39.2 Å². The lowest BCUT2D eigenvalue weighted by atomic mass is 10.0. The van der Waals surface area contributed by atoms with E-state index in [-0.39, 0.29) is 23.0 Å². The average Bonchev–Trinajstić information content (AvgIpc) is 3.17. The summed E-state index contributed by atoms with van der Waals surface area (Å²) in [4.78, 5) is 34.0. The molecule has 2 N–H and O–H groups in total. The van der Waals surface area contributed by atoms with Crippen LogP contribution in [-0.2, 0) is 11.3 Å². The van der Waals surface area contributed by atoms with Gasteiger partial charge in [-0.3, -0.25) is 9.59 Å². The third-order valence-electron chi connectivity index (χ3n) is 5.13. The summed E-state index contributed by atoms with van der Waals surface area (Å²) in [6.07, 6.45) is 0. The summed E-state index contributed by atoms with van der Waals surface area (Å²) in [7, 11) is 3.12. The van der Waals surface area contributed by atoms with Gasteiger partial charge in [0.1, 0.15) is 10.6 Å². The van der Waals surface area contributed by atoms with E-state index in [1.165, 1.54) is 23.5 Å². The zero-order chi connectivity index (χ0) is 24.2. The van der Waals surface area contributed by atoms with Crippen molar-refractivity contribution < 1.29 is 18.7 Å². The molecular formula is C24H22FN3O4S2. The fourth-order valence-electron chi connectivity index (χ4n) is 3.51. The number of aromatic amines is 1. The van der Waals surface area contributed by atoms with Crippen LogP contribution >= 0.6 is 23.1 Å². The highest BCUT2D eigenvalue weighted by Crippen LogP contribution is 2.36. The first-order chi connectivity index (χ1) is 16.4. The number of fused-ring (bicyclic) bond motifs is 1. The first-order valence-electron chi connectivity index (χ1n) is 10.3. The maximum Gasteiger partial charge on any atom is 0.260 e. The molecule has 176 valence electrons. The third-order valence-corrected chi connectivity index (χ3v) is 7.00. The molecule has 1 amide bonds. The van der Waals surface area contributed by atoms with Gasteiger partial charge in [0.15, 0.2) is 16.7 Å². The molecule has 2 aromatic heterocycles. The number of methoxy groups -OCH3 is 2. The van der Waals surface area contributed by atoms with Crippen LogP contribution in [0.25, 0.3) is 21.3 Å². The van der Waals surface area contributed by atoms with Gasteiger partial charge in [-0.05, 0) is 42.3 Å². The van der Waals surface area contributed by atoms with Gasteiger partial charge >= 0.3 is 0 Å². The molecule has 10 heteroatoms. The van der Waals surface area contributed by atoms with Crippen LogP contribution in [0.1, 0.15) is 10.4 Å². The van der Waals surface area contributed by atoms with Crippen molar-refractivity contribution in [3.05, 3.63) is 69.1 Å². The van der Waals surface area contributed by atoms with Gasteiger partial charge in [-0.1, -0.05) is 30.0 Å². The normalized spacial score (nSPS) is 10.9. The standard InChI is InChI=1S/C24H22FN3O4S2/c1-13-20(15-5-7-16(25)8-6-15)21-22(30)27-24(28-23(21)34-13)33-12-19(29)26-11-14-4-9-17(31-2)18(10-14)32-3/h4-10H,11-12H2,1-3H3,(H,26,29)(H,27,28,30). The summed E-state index contributed by atoms with van der Waals surface area (Å²) in [5, 5.41) is 3.68. The molecule has 0 spiro atoms. The minimum Gasteiger partial charge on any atom is -0.493 e. The topological polar surface area (TPSA) is 93.3 Å². The van der Waals surface area contributed by atoms with Crippen LogP contribution in [0.2, 0.25) is 0 Å². The molecule has 2 aromatic carbocycles. The largest absolute Gasteiger partial charge is 0.493 e. The number of rotatable bonds is 8. The van der Waals surface area contributed by atoms with E-state index in [4.69, 9.17) is 9.47 Å². The summed E-state index contributed by atoms with van der Waals surface area (Å²) in [6, 6.07) is 11.5. The minimum atomic E-state index is -0.337. The van der Waals surface area contributed by atoms with E-state index in [1.807, 2.05) is 13.0 Å². The number of carbonyl (C=O) groups excluding carboxylic acids is 1. The molecule has 7 nitrogen and oxygen atoms in total. The lowest BCUT2D eigenvalue weighted by Gasteiger charge is -2.10. The predicted molar refractivity (Wildman–Crippen MR) is 132 cm³/mol. The second kappa shape index (κ2) is 10.3. The monoisotopic (exact) mass is 499 g/mol. The number of carbonyl (C=O) groups is 1. The van der Waals surface area contributed by atoms with Gasteiger partial charge in [-0.25, -0.2) is 9.37 Å². The van der Waals surface area contributed by atoms with Gasteiger partial charge in [-0.15, -0.1) is 11.3 Å². The number of benzene rings is 2. The molecule has 0 fully saturated rings. The quantitative estimate of drug-likeness (QED) is 0.273. The van der Waals surface area contributed by atoms with Crippen molar-refractivity contribution in [3.8, 4) is 22.6 Å². The van der Waals surface area contributed by atoms with E-state index in [1.54, 1.807) is 38.5 Å². The Balaban J connectivity index is 1.44. The Morgan fingerprint density at radius 3 is 2.59 bits per heavy atom. The molecule has 4 aromatic rings. The minimum absolute atomic E-state index is 0.0942. The maximum atomic E-state index is 13.3. The van der Waals surface area contributed by atoms with Crippen molar-refractivity contribution in [1.29, 1.82) is 0 Å². The Bertz CT molecular complexity index is 1400. The van der Waals surface area contributed by atoms with E-state index in [0.29, 0.717) is 33.4 Å². The average molecular weight is 500 g/mol. The number of halogens is 1. The van der Waals surface area contributed by atoms with Crippen molar-refractivity contribution in [2.75, 3.05) is 20.0 Å². The molecule has 0 unspecified atom stereocenters. The SMILES string of the molecule is COc1ccc(CNC(=O)CSc2nc3sc(C)c(-c4ccc(F)cc4)c3c(=O)[nH]2)cc1OC. The van der Waals surface area contributed by atoms with Crippen molar-refractivity contribution in [3.63, 3.8) is 0 Å². The lowest BCUT2D eigenvalue weighted by molar-refractivity contribution is -0.118. The third kappa shape index (κ3) is 5.07. The van der Waals surface area contributed by atoms with Gasteiger partial charge in [0.2, 0.25) is 5.91 Å². The van der Waals surface area contributed by atoms with E-state index in [0.717, 1.165) is 33.3 Å². The van der Waals surface area contributed by atoms with Gasteiger partial charge in [0.25, 0.3) is 5.56 Å².